The summed E-state index contributed by atoms with van der Waals surface area (Å²) in [4.78, 5) is 1.86. The third-order valence-electron chi connectivity index (χ3n) is 1.25. The molecular weight excluding hydrogens is 126 g/mol. The van der Waals surface area contributed by atoms with E-state index < -0.39 is 0 Å². The molecule has 0 saturated heterocycles. The average molecular weight is 143 g/mol. The predicted octanol–water partition coefficient (Wildman–Crippen LogP) is 1.24. The monoisotopic (exact) mass is 143 g/mol. The van der Waals surface area contributed by atoms with Crippen molar-refractivity contribution < 1.29 is 5.11 Å². The molecule has 0 unspecified atom stereocenters. The second-order valence-electron chi connectivity index (χ2n) is 1.88. The first-order valence-corrected chi connectivity index (χ1v) is 3.17. The molecule has 60 valence electrons. The second-order valence-corrected chi connectivity index (χ2v) is 1.88. The van der Waals surface area contributed by atoms with E-state index in [2.05, 4.69) is 19.7 Å². The summed E-state index contributed by atoms with van der Waals surface area (Å²) in [7, 11) is 1.88. The van der Waals surface area contributed by atoms with Gasteiger partial charge in [0.25, 0.3) is 0 Å². The molecule has 0 aliphatic rings. The van der Waals surface area contributed by atoms with Crippen LogP contribution in [0.2, 0.25) is 0 Å². The van der Waals surface area contributed by atoms with Gasteiger partial charge in [-0.05, 0) is 13.1 Å². The fourth-order valence-electron chi connectivity index (χ4n) is 0.309. The van der Waals surface area contributed by atoms with E-state index >= 15 is 0 Å². The Morgan fingerprint density at radius 3 is 2.10 bits per heavy atom. The molecule has 0 aliphatic carbocycles. The quantitative estimate of drug-likeness (QED) is 0.601. The maximum atomic E-state index is 8.55. The third-order valence-corrected chi connectivity index (χ3v) is 1.25. The summed E-state index contributed by atoms with van der Waals surface area (Å²) in [6.07, 6.45) is 1.70. The largest absolute Gasteiger partial charge is 0.394 e. The number of rotatable bonds is 3. The van der Waals surface area contributed by atoms with Crippen LogP contribution in [0.4, 0.5) is 0 Å². The number of likely N-dealkylation sites (N-methyl/N-ethyl adjacent to an activating group) is 1. The van der Waals surface area contributed by atoms with Crippen LogP contribution in [0.1, 0.15) is 6.92 Å². The smallest absolute Gasteiger partial charge is 0.0631 e. The summed E-state index contributed by atoms with van der Waals surface area (Å²) in [6, 6.07) is 0.187. The molecule has 1 N–H and O–H groups in total. The lowest BCUT2D eigenvalue weighted by Gasteiger charge is -2.19. The zero-order valence-electron chi connectivity index (χ0n) is 6.88. The Kier molecular flexibility index (Phi) is 9.86. The first kappa shape index (κ1) is 12.0. The van der Waals surface area contributed by atoms with Crippen molar-refractivity contribution in [2.45, 2.75) is 13.0 Å². The maximum Gasteiger partial charge on any atom is 0.0631 e. The number of hydrogen-bond acceptors (Lipinski definition) is 2. The van der Waals surface area contributed by atoms with Gasteiger partial charge in [0, 0.05) is 13.1 Å². The van der Waals surface area contributed by atoms with Crippen LogP contribution in [0.15, 0.2) is 25.9 Å². The van der Waals surface area contributed by atoms with Crippen molar-refractivity contribution in [3.8, 4) is 0 Å². The van der Waals surface area contributed by atoms with E-state index in [4.69, 9.17) is 5.11 Å². The Bertz CT molecular complexity index is 83.3. The van der Waals surface area contributed by atoms with Crippen LogP contribution in [-0.4, -0.2) is 29.7 Å². The minimum atomic E-state index is 0.183. The van der Waals surface area contributed by atoms with E-state index in [0.717, 1.165) is 0 Å². The molecule has 0 amide bonds. The zero-order chi connectivity index (χ0) is 8.57. The Morgan fingerprint density at radius 2 is 2.00 bits per heavy atom. The van der Waals surface area contributed by atoms with E-state index in [9.17, 15) is 0 Å². The molecule has 0 fully saturated rings. The highest BCUT2D eigenvalue weighted by Crippen LogP contribution is 1.91. The van der Waals surface area contributed by atoms with Crippen molar-refractivity contribution in [3.05, 3.63) is 25.9 Å². The molecule has 0 spiro atoms. The first-order valence-electron chi connectivity index (χ1n) is 3.17. The van der Waals surface area contributed by atoms with E-state index in [0.29, 0.717) is 0 Å². The van der Waals surface area contributed by atoms with Crippen molar-refractivity contribution in [1.82, 2.24) is 4.90 Å². The van der Waals surface area contributed by atoms with Crippen molar-refractivity contribution in [2.24, 2.45) is 0 Å². The Labute approximate surface area is 63.5 Å². The topological polar surface area (TPSA) is 23.5 Å². The third kappa shape index (κ3) is 5.38. The molecule has 0 saturated carbocycles. The van der Waals surface area contributed by atoms with Gasteiger partial charge in [-0.1, -0.05) is 6.58 Å². The normalized spacial score (nSPS) is 10.7. The Balaban J connectivity index is 0. The van der Waals surface area contributed by atoms with Gasteiger partial charge >= 0.3 is 0 Å². The van der Waals surface area contributed by atoms with Crippen molar-refractivity contribution in [2.75, 3.05) is 13.7 Å². The van der Waals surface area contributed by atoms with E-state index in [1.165, 1.54) is 0 Å². The van der Waals surface area contributed by atoms with Gasteiger partial charge in [-0.15, -0.1) is 13.2 Å². The summed E-state index contributed by atoms with van der Waals surface area (Å²) in [5.74, 6) is 0. The standard InChI is InChI=1S/C6H13NO.C2H4/c1-4-7(3)6(2)5-8;1-2/h4,6,8H,1,5H2,2-3H3;1-2H2/t6-;/m0./s1. The number of aliphatic hydroxyl groups excluding tert-OH is 1. The van der Waals surface area contributed by atoms with E-state index in [-0.39, 0.29) is 12.6 Å². The molecule has 0 aromatic carbocycles. The van der Waals surface area contributed by atoms with Crippen LogP contribution in [0, 0.1) is 0 Å². The first-order chi connectivity index (χ1) is 4.72. The van der Waals surface area contributed by atoms with Crippen molar-refractivity contribution in [3.63, 3.8) is 0 Å². The van der Waals surface area contributed by atoms with Crippen LogP contribution in [-0.2, 0) is 0 Å². The highest BCUT2D eigenvalue weighted by molar-refractivity contribution is 4.71. The predicted molar refractivity (Wildman–Crippen MR) is 45.8 cm³/mol. The van der Waals surface area contributed by atoms with Gasteiger partial charge in [-0.25, -0.2) is 0 Å². The minimum absolute atomic E-state index is 0.183. The number of nitrogens with zero attached hydrogens (tertiary/aromatic N) is 1. The molecule has 2 heteroatoms. The highest BCUT2D eigenvalue weighted by atomic mass is 16.3. The molecule has 0 radical (unpaired) electrons. The molecule has 0 aromatic heterocycles. The van der Waals surface area contributed by atoms with E-state index in [1.807, 2.05) is 18.9 Å². The van der Waals surface area contributed by atoms with Gasteiger partial charge in [0.05, 0.1) is 6.61 Å². The van der Waals surface area contributed by atoms with Gasteiger partial charge in [-0.2, -0.15) is 0 Å². The van der Waals surface area contributed by atoms with Crippen molar-refractivity contribution >= 4 is 0 Å². The molecule has 10 heavy (non-hydrogen) atoms. The molecule has 0 aliphatic heterocycles. The molecule has 1 atom stereocenters. The average Bonchev–Trinajstić information content (AvgIpc) is 2.05. The van der Waals surface area contributed by atoms with Gasteiger partial charge in [0.1, 0.15) is 0 Å². The maximum absolute atomic E-state index is 8.55. The van der Waals surface area contributed by atoms with Crippen LogP contribution >= 0.6 is 0 Å². The molecule has 0 heterocycles. The summed E-state index contributed by atoms with van der Waals surface area (Å²) in [5.41, 5.74) is 0. The summed E-state index contributed by atoms with van der Waals surface area (Å²) >= 11 is 0. The Morgan fingerprint density at radius 1 is 1.60 bits per heavy atom. The summed E-state index contributed by atoms with van der Waals surface area (Å²) < 4.78 is 0. The van der Waals surface area contributed by atoms with Crippen molar-refractivity contribution in [1.29, 1.82) is 0 Å². The molecular formula is C8H17NO. The van der Waals surface area contributed by atoms with Gasteiger partial charge in [0.2, 0.25) is 0 Å². The lowest BCUT2D eigenvalue weighted by atomic mass is 10.3. The molecule has 0 bridgehead atoms. The SMILES string of the molecule is C=C.C=CN(C)[C@@H](C)CO. The van der Waals surface area contributed by atoms with Gasteiger partial charge in [0.15, 0.2) is 0 Å². The summed E-state index contributed by atoms with van der Waals surface area (Å²) in [6.45, 7) is 11.7. The molecule has 0 aromatic rings. The fraction of sp³-hybridized carbons (Fsp3) is 0.500. The van der Waals surface area contributed by atoms with Crippen LogP contribution in [0.3, 0.4) is 0 Å². The minimum Gasteiger partial charge on any atom is -0.394 e. The van der Waals surface area contributed by atoms with Crippen LogP contribution in [0.25, 0.3) is 0 Å². The lowest BCUT2D eigenvalue weighted by molar-refractivity contribution is 0.196. The van der Waals surface area contributed by atoms with Gasteiger partial charge < -0.3 is 10.0 Å². The molecule has 0 rings (SSSR count). The van der Waals surface area contributed by atoms with Crippen LogP contribution in [0.5, 0.6) is 0 Å². The Hall–Kier alpha value is -0.760. The van der Waals surface area contributed by atoms with E-state index in [1.54, 1.807) is 6.20 Å². The number of aliphatic hydroxyl groups is 1. The zero-order valence-corrected chi connectivity index (χ0v) is 6.88. The van der Waals surface area contributed by atoms with Gasteiger partial charge in [-0.3, -0.25) is 0 Å². The lowest BCUT2D eigenvalue weighted by Crippen LogP contribution is -2.26. The number of hydrogen-bond donors (Lipinski definition) is 1. The fourth-order valence-corrected chi connectivity index (χ4v) is 0.309. The summed E-state index contributed by atoms with van der Waals surface area (Å²) in [5, 5.41) is 8.55. The molecule has 2 nitrogen and oxygen atoms in total. The second kappa shape index (κ2) is 8.24. The highest BCUT2D eigenvalue weighted by Gasteiger charge is 1.99. The van der Waals surface area contributed by atoms with Crippen LogP contribution < -0.4 is 0 Å².